The molecule has 2 amide bonds. The summed E-state index contributed by atoms with van der Waals surface area (Å²) in [6.45, 7) is 0.280. The average Bonchev–Trinajstić information content (AvgIpc) is 2.49. The highest BCUT2D eigenvalue weighted by Gasteiger charge is 2.27. The summed E-state index contributed by atoms with van der Waals surface area (Å²) in [6.07, 6.45) is 0.154. The number of nitrogens with one attached hydrogen (secondary N) is 2. The van der Waals surface area contributed by atoms with Crippen molar-refractivity contribution in [3.05, 3.63) is 0 Å². The van der Waals surface area contributed by atoms with Gasteiger partial charge in [0, 0.05) is 19.5 Å². The smallest absolute Gasteiger partial charge is 0.225 e. The molecule has 7 nitrogen and oxygen atoms in total. The van der Waals surface area contributed by atoms with Crippen molar-refractivity contribution in [3.63, 3.8) is 0 Å². The van der Waals surface area contributed by atoms with E-state index in [1.165, 1.54) is 0 Å². The van der Waals surface area contributed by atoms with Gasteiger partial charge in [0.05, 0.1) is 11.7 Å². The second-order valence-electron chi connectivity index (χ2n) is 3.36. The van der Waals surface area contributed by atoms with Gasteiger partial charge in [-0.2, -0.15) is 0 Å². The lowest BCUT2D eigenvalue weighted by Gasteiger charge is -2.07. The number of amides is 2. The molecule has 0 saturated carbocycles. The molecule has 8 heteroatoms. The van der Waals surface area contributed by atoms with Crippen LogP contribution < -0.4 is 15.8 Å². The van der Waals surface area contributed by atoms with Crippen LogP contribution in [0.5, 0.6) is 0 Å². The summed E-state index contributed by atoms with van der Waals surface area (Å²) >= 11 is 0. The summed E-state index contributed by atoms with van der Waals surface area (Å²) in [5.74, 6) is -1.19. The molecule has 1 aliphatic rings. The molecule has 0 aromatic rings. The van der Waals surface area contributed by atoms with E-state index >= 15 is 0 Å². The van der Waals surface area contributed by atoms with Gasteiger partial charge < -0.3 is 10.6 Å². The molecule has 0 spiro atoms. The second kappa shape index (κ2) is 4.58. The maximum atomic E-state index is 11.3. The third kappa shape index (κ3) is 4.26. The molecular formula is C7H13N3O4S. The number of carbonyl (C=O) groups excluding carboxylic acids is 2. The molecule has 0 aromatic heterocycles. The fourth-order valence-electron chi connectivity index (χ4n) is 1.25. The molecule has 0 aromatic carbocycles. The Morgan fingerprint density at radius 1 is 1.60 bits per heavy atom. The first-order valence-corrected chi connectivity index (χ1v) is 6.15. The summed E-state index contributed by atoms with van der Waals surface area (Å²) in [5, 5.41) is 9.68. The molecule has 86 valence electrons. The van der Waals surface area contributed by atoms with Crippen LogP contribution in [0.25, 0.3) is 0 Å². The van der Waals surface area contributed by atoms with Crippen molar-refractivity contribution in [2.45, 2.75) is 6.42 Å². The van der Waals surface area contributed by atoms with Gasteiger partial charge in [-0.1, -0.05) is 0 Å². The van der Waals surface area contributed by atoms with Gasteiger partial charge in [0.1, 0.15) is 0 Å². The number of hydrogen-bond acceptors (Lipinski definition) is 4. The molecule has 0 aliphatic carbocycles. The molecule has 1 fully saturated rings. The Bertz CT molecular complexity index is 364. The fourth-order valence-corrected chi connectivity index (χ4v) is 1.64. The molecular weight excluding hydrogens is 222 g/mol. The minimum atomic E-state index is -3.55. The zero-order valence-electron chi connectivity index (χ0n) is 8.02. The highest BCUT2D eigenvalue weighted by Crippen LogP contribution is 2.08. The maximum absolute atomic E-state index is 11.3. The SMILES string of the molecule is NS(=O)(=O)CCNC(=O)C1CNC(=O)C1. The number of rotatable bonds is 4. The van der Waals surface area contributed by atoms with Crippen LogP contribution in [-0.4, -0.2) is 39.1 Å². The molecule has 1 heterocycles. The van der Waals surface area contributed by atoms with Gasteiger partial charge in [-0.3, -0.25) is 9.59 Å². The Kier molecular flexibility index (Phi) is 3.64. The van der Waals surface area contributed by atoms with Gasteiger partial charge in [0.25, 0.3) is 0 Å². The van der Waals surface area contributed by atoms with Crippen molar-refractivity contribution in [2.24, 2.45) is 11.1 Å². The van der Waals surface area contributed by atoms with E-state index in [1.54, 1.807) is 0 Å². The van der Waals surface area contributed by atoms with Crippen LogP contribution in [0.3, 0.4) is 0 Å². The molecule has 1 unspecified atom stereocenters. The van der Waals surface area contributed by atoms with E-state index in [2.05, 4.69) is 10.6 Å². The van der Waals surface area contributed by atoms with Gasteiger partial charge in [0.15, 0.2) is 0 Å². The first-order valence-electron chi connectivity index (χ1n) is 4.43. The van der Waals surface area contributed by atoms with Gasteiger partial charge >= 0.3 is 0 Å². The highest BCUT2D eigenvalue weighted by atomic mass is 32.2. The molecule has 4 N–H and O–H groups in total. The Labute approximate surface area is 87.4 Å². The number of carbonyl (C=O) groups is 2. The van der Waals surface area contributed by atoms with Gasteiger partial charge in [-0.15, -0.1) is 0 Å². The minimum Gasteiger partial charge on any atom is -0.355 e. The standard InChI is InChI=1S/C7H13N3O4S/c8-15(13,14)2-1-9-7(12)5-3-6(11)10-4-5/h5H,1-4H2,(H,9,12)(H,10,11)(H2,8,13,14). The van der Waals surface area contributed by atoms with Crippen LogP contribution in [0.4, 0.5) is 0 Å². The Morgan fingerprint density at radius 2 is 2.27 bits per heavy atom. The third-order valence-corrected chi connectivity index (χ3v) is 2.81. The number of primary sulfonamides is 1. The van der Waals surface area contributed by atoms with Gasteiger partial charge in [-0.25, -0.2) is 13.6 Å². The summed E-state index contributed by atoms with van der Waals surface area (Å²) in [6, 6.07) is 0. The lowest BCUT2D eigenvalue weighted by Crippen LogP contribution is -2.36. The maximum Gasteiger partial charge on any atom is 0.225 e. The predicted molar refractivity (Wildman–Crippen MR) is 52.1 cm³/mol. The van der Waals surface area contributed by atoms with E-state index in [0.717, 1.165) is 0 Å². The van der Waals surface area contributed by atoms with Crippen molar-refractivity contribution in [1.82, 2.24) is 10.6 Å². The van der Waals surface area contributed by atoms with Crippen LogP contribution >= 0.6 is 0 Å². The van der Waals surface area contributed by atoms with Crippen LogP contribution in [0, 0.1) is 5.92 Å². The normalized spacial score (nSPS) is 21.1. The molecule has 1 atom stereocenters. The number of nitrogens with two attached hydrogens (primary N) is 1. The van der Waals surface area contributed by atoms with Gasteiger partial charge in [0.2, 0.25) is 21.8 Å². The highest BCUT2D eigenvalue weighted by molar-refractivity contribution is 7.89. The van der Waals surface area contributed by atoms with Crippen molar-refractivity contribution in [2.75, 3.05) is 18.8 Å². The van der Waals surface area contributed by atoms with Crippen LogP contribution in [0.15, 0.2) is 0 Å². The third-order valence-electron chi connectivity index (χ3n) is 2.03. The van der Waals surface area contributed by atoms with E-state index in [4.69, 9.17) is 5.14 Å². The quantitative estimate of drug-likeness (QED) is 0.500. The molecule has 1 saturated heterocycles. The summed E-state index contributed by atoms with van der Waals surface area (Å²) in [5.41, 5.74) is 0. The summed E-state index contributed by atoms with van der Waals surface area (Å²) in [7, 11) is -3.55. The number of sulfonamides is 1. The first-order chi connectivity index (χ1) is 6.88. The molecule has 15 heavy (non-hydrogen) atoms. The van der Waals surface area contributed by atoms with E-state index in [9.17, 15) is 18.0 Å². The topological polar surface area (TPSA) is 118 Å². The van der Waals surface area contributed by atoms with Crippen molar-refractivity contribution >= 4 is 21.8 Å². The summed E-state index contributed by atoms with van der Waals surface area (Å²) < 4.78 is 21.1. The van der Waals surface area contributed by atoms with E-state index in [0.29, 0.717) is 6.54 Å². The first kappa shape index (κ1) is 11.9. The van der Waals surface area contributed by atoms with Crippen LogP contribution in [-0.2, 0) is 19.6 Å². The van der Waals surface area contributed by atoms with Gasteiger partial charge in [-0.05, 0) is 0 Å². The van der Waals surface area contributed by atoms with E-state index < -0.39 is 15.9 Å². The van der Waals surface area contributed by atoms with Crippen LogP contribution in [0.1, 0.15) is 6.42 Å². The Hall–Kier alpha value is -1.15. The average molecular weight is 235 g/mol. The second-order valence-corrected chi connectivity index (χ2v) is 5.10. The van der Waals surface area contributed by atoms with Crippen molar-refractivity contribution in [3.8, 4) is 0 Å². The minimum absolute atomic E-state index is 0.0254. The molecule has 1 rings (SSSR count). The van der Waals surface area contributed by atoms with E-state index in [-0.39, 0.29) is 30.5 Å². The largest absolute Gasteiger partial charge is 0.355 e. The molecule has 0 bridgehead atoms. The Morgan fingerprint density at radius 3 is 2.73 bits per heavy atom. The number of hydrogen-bond donors (Lipinski definition) is 3. The molecule has 1 aliphatic heterocycles. The van der Waals surface area contributed by atoms with E-state index in [1.807, 2.05) is 0 Å². The monoisotopic (exact) mass is 235 g/mol. The fraction of sp³-hybridized carbons (Fsp3) is 0.714. The predicted octanol–water partition coefficient (Wildman–Crippen LogP) is -2.47. The lowest BCUT2D eigenvalue weighted by molar-refractivity contribution is -0.126. The zero-order chi connectivity index (χ0) is 11.5. The zero-order valence-corrected chi connectivity index (χ0v) is 8.84. The van der Waals surface area contributed by atoms with Crippen molar-refractivity contribution in [1.29, 1.82) is 0 Å². The molecule has 0 radical (unpaired) electrons. The summed E-state index contributed by atoms with van der Waals surface area (Å²) in [4.78, 5) is 22.1. The van der Waals surface area contributed by atoms with Crippen molar-refractivity contribution < 1.29 is 18.0 Å². The van der Waals surface area contributed by atoms with Crippen LogP contribution in [0.2, 0.25) is 0 Å². The lowest BCUT2D eigenvalue weighted by atomic mass is 10.1. The Balaban J connectivity index is 2.28.